The molecular formula is C21H17N3O6S4. The van der Waals surface area contributed by atoms with Crippen molar-refractivity contribution in [2.24, 2.45) is 0 Å². The van der Waals surface area contributed by atoms with Crippen molar-refractivity contribution in [1.82, 2.24) is 9.47 Å². The maximum Gasteiger partial charge on any atom is 0.323 e. The summed E-state index contributed by atoms with van der Waals surface area (Å²) in [5.74, 6) is -3.14. The zero-order valence-corrected chi connectivity index (χ0v) is 20.9. The van der Waals surface area contributed by atoms with Gasteiger partial charge in [0.25, 0.3) is 11.5 Å². The van der Waals surface area contributed by atoms with E-state index in [0.29, 0.717) is 0 Å². The van der Waals surface area contributed by atoms with E-state index >= 15 is 0 Å². The number of thiocarbonyl (C=S) groups is 1. The maximum absolute atomic E-state index is 13.1. The van der Waals surface area contributed by atoms with Crippen molar-refractivity contribution >= 4 is 85.9 Å². The van der Waals surface area contributed by atoms with Crippen LogP contribution in [-0.4, -0.2) is 54.9 Å². The zero-order chi connectivity index (χ0) is 24.6. The highest BCUT2D eigenvalue weighted by Crippen LogP contribution is 2.45. The molecule has 13 heteroatoms. The average molecular weight is 536 g/mol. The molecule has 0 bridgehead atoms. The molecule has 0 saturated carbocycles. The number of carboxylic acid groups (broad SMARTS) is 2. The predicted molar refractivity (Wildman–Crippen MR) is 136 cm³/mol. The van der Waals surface area contributed by atoms with Crippen LogP contribution in [0.2, 0.25) is 0 Å². The van der Waals surface area contributed by atoms with Gasteiger partial charge in [-0.25, -0.2) is 0 Å². The van der Waals surface area contributed by atoms with Crippen LogP contribution in [0.3, 0.4) is 0 Å². The third-order valence-corrected chi connectivity index (χ3v) is 8.71. The van der Waals surface area contributed by atoms with Crippen molar-refractivity contribution in [1.29, 1.82) is 0 Å². The second kappa shape index (κ2) is 9.78. The first-order valence-electron chi connectivity index (χ1n) is 9.89. The first kappa shape index (κ1) is 24.3. The van der Waals surface area contributed by atoms with E-state index in [-0.39, 0.29) is 18.4 Å². The number of amides is 1. The van der Waals surface area contributed by atoms with Gasteiger partial charge in [0.15, 0.2) is 0 Å². The third kappa shape index (κ3) is 4.56. The van der Waals surface area contributed by atoms with E-state index in [1.165, 1.54) is 0 Å². The van der Waals surface area contributed by atoms with Gasteiger partial charge in [0.1, 0.15) is 27.0 Å². The number of carbonyl (C=O) groups excluding carboxylic acids is 1. The minimum atomic E-state index is -1.24. The van der Waals surface area contributed by atoms with Crippen LogP contribution >= 0.6 is 47.1 Å². The van der Waals surface area contributed by atoms with Gasteiger partial charge in [-0.2, -0.15) is 0 Å². The number of hydrogen-bond donors (Lipinski definition) is 2. The second-order valence-electron chi connectivity index (χ2n) is 7.02. The molecule has 0 aliphatic carbocycles. The smallest absolute Gasteiger partial charge is 0.323 e. The van der Waals surface area contributed by atoms with Gasteiger partial charge in [0.2, 0.25) is 0 Å². The molecule has 4 rings (SSSR count). The molecule has 2 aliphatic heterocycles. The summed E-state index contributed by atoms with van der Waals surface area (Å²) in [7, 11) is 0. The number of carbonyl (C=O) groups is 3. The molecule has 2 aliphatic rings. The molecule has 3 heterocycles. The standard InChI is InChI=1S/C21H17N3O6S4/c1-2-22-11-5-3-4-6-12(11)32-14(22)8-7-13-18(29)23(9-15(25)26)20(33-13)17-19(30)24(10-16(27)28)21(31)34-17/h3-8H,2,9-10H2,1H3,(H,25,26)(H,27,28)/b13-7-,14-8+,20-17-. The number of aliphatic carboxylic acids is 2. The number of hydrogen-bond acceptors (Lipinski definition) is 9. The van der Waals surface area contributed by atoms with Gasteiger partial charge < -0.3 is 15.1 Å². The van der Waals surface area contributed by atoms with Crippen molar-refractivity contribution < 1.29 is 24.6 Å². The van der Waals surface area contributed by atoms with E-state index in [0.717, 1.165) is 54.7 Å². The highest BCUT2D eigenvalue weighted by Gasteiger charge is 2.35. The number of carboxylic acids is 2. The molecule has 2 N–H and O–H groups in total. The van der Waals surface area contributed by atoms with Gasteiger partial charge in [0.05, 0.1) is 15.2 Å². The summed E-state index contributed by atoms with van der Waals surface area (Å²) in [5.41, 5.74) is 0.520. The Morgan fingerprint density at radius 1 is 1.03 bits per heavy atom. The molecule has 34 heavy (non-hydrogen) atoms. The fraction of sp³-hybridized carbons (Fsp3) is 0.190. The minimum absolute atomic E-state index is 0.0384. The monoisotopic (exact) mass is 535 g/mol. The summed E-state index contributed by atoms with van der Waals surface area (Å²) in [5, 5.41) is 19.3. The molecule has 176 valence electrons. The molecule has 0 radical (unpaired) electrons. The quantitative estimate of drug-likeness (QED) is 0.524. The molecule has 1 aromatic heterocycles. The molecule has 2 aromatic rings. The molecule has 1 saturated heterocycles. The number of aromatic nitrogens is 1. The second-order valence-corrected chi connectivity index (χ2v) is 10.8. The Labute approximate surface area is 210 Å². The Morgan fingerprint density at radius 3 is 2.41 bits per heavy atom. The van der Waals surface area contributed by atoms with Gasteiger partial charge in [0, 0.05) is 11.4 Å². The van der Waals surface area contributed by atoms with Crippen LogP contribution in [0.4, 0.5) is 5.69 Å². The number of thiazole rings is 1. The van der Waals surface area contributed by atoms with Crippen LogP contribution in [0.15, 0.2) is 45.1 Å². The van der Waals surface area contributed by atoms with Gasteiger partial charge in [-0.1, -0.05) is 47.9 Å². The number of rotatable bonds is 6. The van der Waals surface area contributed by atoms with E-state index in [1.807, 2.05) is 31.2 Å². The lowest BCUT2D eigenvalue weighted by atomic mass is 10.3. The number of allylic oxidation sites excluding steroid dienone is 1. The SMILES string of the molecule is CCN1/C(=C\C=c2/s/c(=C3\SC(=S)N(CC(=O)O)C3=O)n(CC(=O)O)c2=O)Sc2ccccc21. The molecular weight excluding hydrogens is 519 g/mol. The minimum Gasteiger partial charge on any atom is -0.480 e. The van der Waals surface area contributed by atoms with E-state index in [4.69, 9.17) is 17.3 Å². The van der Waals surface area contributed by atoms with Gasteiger partial charge >= 0.3 is 11.9 Å². The van der Waals surface area contributed by atoms with Crippen molar-refractivity contribution in [3.05, 3.63) is 54.9 Å². The lowest BCUT2D eigenvalue weighted by Crippen LogP contribution is -2.36. The Morgan fingerprint density at radius 2 is 1.74 bits per heavy atom. The van der Waals surface area contributed by atoms with E-state index in [9.17, 15) is 24.3 Å². The predicted octanol–water partition coefficient (Wildman–Crippen LogP) is 1.30. The van der Waals surface area contributed by atoms with E-state index < -0.39 is 36.5 Å². The van der Waals surface area contributed by atoms with Crippen LogP contribution in [-0.2, 0) is 20.9 Å². The largest absolute Gasteiger partial charge is 0.480 e. The van der Waals surface area contributed by atoms with Gasteiger partial charge in [-0.15, -0.1) is 11.3 Å². The summed E-state index contributed by atoms with van der Waals surface area (Å²) in [6, 6.07) is 7.93. The van der Waals surface area contributed by atoms with Crippen molar-refractivity contribution in [3.8, 4) is 0 Å². The van der Waals surface area contributed by atoms with Crippen LogP contribution in [0.25, 0.3) is 11.0 Å². The first-order chi connectivity index (χ1) is 16.2. The van der Waals surface area contributed by atoms with E-state index in [1.54, 1.807) is 23.9 Å². The summed E-state index contributed by atoms with van der Waals surface area (Å²) >= 11 is 8.52. The average Bonchev–Trinajstić information content (AvgIpc) is 3.39. The Kier molecular flexibility index (Phi) is 6.98. The normalized spacial score (nSPS) is 18.9. The zero-order valence-electron chi connectivity index (χ0n) is 17.6. The number of benzene rings is 1. The number of para-hydroxylation sites is 1. The summed E-state index contributed by atoms with van der Waals surface area (Å²) in [4.78, 5) is 52.5. The Hall–Kier alpha value is -2.87. The summed E-state index contributed by atoms with van der Waals surface area (Å²) in [6.45, 7) is 1.49. The fourth-order valence-electron chi connectivity index (χ4n) is 3.43. The fourth-order valence-corrected chi connectivity index (χ4v) is 7.01. The first-order valence-corrected chi connectivity index (χ1v) is 12.7. The molecule has 1 fully saturated rings. The van der Waals surface area contributed by atoms with Crippen LogP contribution in [0.1, 0.15) is 6.92 Å². The Balaban J connectivity index is 1.83. The Bertz CT molecular complexity index is 1440. The third-order valence-electron chi connectivity index (χ3n) is 4.87. The highest BCUT2D eigenvalue weighted by molar-refractivity contribution is 8.30. The number of fused-ring (bicyclic) bond motifs is 1. The summed E-state index contributed by atoms with van der Waals surface area (Å²) < 4.78 is 1.44. The van der Waals surface area contributed by atoms with Crippen molar-refractivity contribution in [2.45, 2.75) is 18.4 Å². The van der Waals surface area contributed by atoms with Crippen LogP contribution in [0, 0.1) is 0 Å². The number of nitrogens with zero attached hydrogens (tertiary/aromatic N) is 3. The molecule has 0 atom stereocenters. The topological polar surface area (TPSA) is 120 Å². The number of anilines is 1. The van der Waals surface area contributed by atoms with Gasteiger partial charge in [-0.3, -0.25) is 28.6 Å². The van der Waals surface area contributed by atoms with Crippen LogP contribution in [0.5, 0.6) is 0 Å². The molecule has 0 unspecified atom stereocenters. The summed E-state index contributed by atoms with van der Waals surface area (Å²) in [6.07, 6.45) is 3.41. The lowest BCUT2D eigenvalue weighted by molar-refractivity contribution is -0.140. The lowest BCUT2D eigenvalue weighted by Gasteiger charge is -2.17. The van der Waals surface area contributed by atoms with Crippen LogP contribution < -0.4 is 19.7 Å². The molecule has 1 aromatic carbocycles. The molecule has 0 spiro atoms. The number of thioether (sulfide) groups is 2. The molecule has 9 nitrogen and oxygen atoms in total. The van der Waals surface area contributed by atoms with Crippen molar-refractivity contribution in [2.75, 3.05) is 18.0 Å². The molecule has 1 amide bonds. The van der Waals surface area contributed by atoms with E-state index in [2.05, 4.69) is 4.90 Å². The maximum atomic E-state index is 13.1. The van der Waals surface area contributed by atoms with Crippen molar-refractivity contribution in [3.63, 3.8) is 0 Å². The van der Waals surface area contributed by atoms with Gasteiger partial charge in [-0.05, 0) is 31.2 Å². The highest BCUT2D eigenvalue weighted by atomic mass is 32.2.